The van der Waals surface area contributed by atoms with Gasteiger partial charge in [0.05, 0.1) is 21.3 Å². The Bertz CT molecular complexity index is 865. The van der Waals surface area contributed by atoms with Crippen LogP contribution in [0.1, 0.15) is 5.56 Å². The van der Waals surface area contributed by atoms with Gasteiger partial charge in [-0.3, -0.25) is 4.99 Å². The zero-order chi connectivity index (χ0) is 21.5. The number of piperazine rings is 1. The van der Waals surface area contributed by atoms with Crippen LogP contribution in [0.3, 0.4) is 0 Å². The van der Waals surface area contributed by atoms with Crippen molar-refractivity contribution < 1.29 is 18.6 Å². The van der Waals surface area contributed by atoms with Crippen LogP contribution in [0.5, 0.6) is 17.2 Å². The van der Waals surface area contributed by atoms with Crippen molar-refractivity contribution in [3.05, 3.63) is 47.8 Å². The molecule has 8 heteroatoms. The average molecular weight is 416 g/mol. The summed E-state index contributed by atoms with van der Waals surface area (Å²) in [6.45, 7) is 3.85. The average Bonchev–Trinajstić information content (AvgIpc) is 2.79. The van der Waals surface area contributed by atoms with Crippen molar-refractivity contribution in [1.29, 1.82) is 0 Å². The summed E-state index contributed by atoms with van der Waals surface area (Å²) < 4.78 is 29.5. The minimum absolute atomic E-state index is 0.215. The van der Waals surface area contributed by atoms with Gasteiger partial charge in [0.15, 0.2) is 17.5 Å². The summed E-state index contributed by atoms with van der Waals surface area (Å²) in [4.78, 5) is 8.90. The molecule has 0 aliphatic carbocycles. The number of nitrogens with zero attached hydrogens (tertiary/aromatic N) is 3. The molecule has 0 radical (unpaired) electrons. The van der Waals surface area contributed by atoms with Crippen molar-refractivity contribution in [3.8, 4) is 17.2 Å². The molecule has 0 aromatic heterocycles. The van der Waals surface area contributed by atoms with Crippen molar-refractivity contribution >= 4 is 11.6 Å². The van der Waals surface area contributed by atoms with Crippen LogP contribution >= 0.6 is 0 Å². The molecule has 3 rings (SSSR count). The molecule has 1 heterocycles. The predicted octanol–water partition coefficient (Wildman–Crippen LogP) is 2.75. The van der Waals surface area contributed by atoms with Gasteiger partial charge in [-0.1, -0.05) is 0 Å². The number of aliphatic imine (C=N–C) groups is 1. The highest BCUT2D eigenvalue weighted by atomic mass is 19.1. The summed E-state index contributed by atoms with van der Waals surface area (Å²) in [6.07, 6.45) is 0. The van der Waals surface area contributed by atoms with Crippen molar-refractivity contribution in [2.45, 2.75) is 6.54 Å². The number of benzene rings is 2. The van der Waals surface area contributed by atoms with E-state index in [2.05, 4.69) is 20.1 Å². The number of ether oxygens (including phenoxy) is 3. The van der Waals surface area contributed by atoms with E-state index >= 15 is 0 Å². The highest BCUT2D eigenvalue weighted by Crippen LogP contribution is 2.39. The lowest BCUT2D eigenvalue weighted by atomic mass is 10.1. The van der Waals surface area contributed by atoms with E-state index < -0.39 is 0 Å². The van der Waals surface area contributed by atoms with E-state index in [0.717, 1.165) is 43.4 Å². The minimum atomic E-state index is -0.215. The van der Waals surface area contributed by atoms with Crippen LogP contribution in [0.4, 0.5) is 10.1 Å². The Labute approximate surface area is 177 Å². The number of halogens is 1. The summed E-state index contributed by atoms with van der Waals surface area (Å²) in [5.41, 5.74) is 1.98. The number of anilines is 1. The summed E-state index contributed by atoms with van der Waals surface area (Å²) in [5.74, 6) is 2.45. The minimum Gasteiger partial charge on any atom is -0.493 e. The first kappa shape index (κ1) is 21.5. The van der Waals surface area contributed by atoms with Crippen molar-refractivity contribution in [2.24, 2.45) is 4.99 Å². The smallest absolute Gasteiger partial charge is 0.203 e. The molecule has 0 amide bonds. The number of nitrogens with one attached hydrogen (secondary N) is 1. The highest BCUT2D eigenvalue weighted by Gasteiger charge is 2.21. The van der Waals surface area contributed by atoms with E-state index in [1.807, 2.05) is 24.3 Å². The van der Waals surface area contributed by atoms with Crippen molar-refractivity contribution in [2.75, 3.05) is 59.5 Å². The SMILES string of the molecule is CN=C(NCc1ccc(OC)c(OC)c1OC)N1CCN(c2ccc(F)cc2)CC1. The van der Waals surface area contributed by atoms with Gasteiger partial charge in [0.25, 0.3) is 0 Å². The van der Waals surface area contributed by atoms with Crippen LogP contribution in [0.15, 0.2) is 41.4 Å². The van der Waals surface area contributed by atoms with Crippen LogP contribution in [0.25, 0.3) is 0 Å². The molecule has 1 saturated heterocycles. The Kier molecular flexibility index (Phi) is 7.21. The maximum atomic E-state index is 13.2. The van der Waals surface area contributed by atoms with Gasteiger partial charge in [-0.2, -0.15) is 0 Å². The quantitative estimate of drug-likeness (QED) is 0.577. The molecule has 1 aliphatic rings. The van der Waals surface area contributed by atoms with Gasteiger partial charge in [-0.05, 0) is 36.4 Å². The van der Waals surface area contributed by atoms with Gasteiger partial charge >= 0.3 is 0 Å². The van der Waals surface area contributed by atoms with E-state index in [9.17, 15) is 4.39 Å². The number of methoxy groups -OCH3 is 3. The fraction of sp³-hybridized carbons (Fsp3) is 0.409. The lowest BCUT2D eigenvalue weighted by molar-refractivity contribution is 0.321. The van der Waals surface area contributed by atoms with Crippen molar-refractivity contribution in [3.63, 3.8) is 0 Å². The Balaban J connectivity index is 1.62. The molecular weight excluding hydrogens is 387 g/mol. The number of hydrogen-bond acceptors (Lipinski definition) is 5. The van der Waals surface area contributed by atoms with E-state index in [1.54, 1.807) is 28.4 Å². The molecule has 0 saturated carbocycles. The molecule has 30 heavy (non-hydrogen) atoms. The number of guanidine groups is 1. The predicted molar refractivity (Wildman–Crippen MR) is 116 cm³/mol. The molecule has 0 unspecified atom stereocenters. The fourth-order valence-electron chi connectivity index (χ4n) is 3.64. The molecule has 2 aromatic rings. The van der Waals surface area contributed by atoms with Gasteiger partial charge in [-0.15, -0.1) is 0 Å². The van der Waals surface area contributed by atoms with Crippen molar-refractivity contribution in [1.82, 2.24) is 10.2 Å². The van der Waals surface area contributed by atoms with Crippen LogP contribution < -0.4 is 24.4 Å². The third-order valence-corrected chi connectivity index (χ3v) is 5.21. The Morgan fingerprint density at radius 1 is 0.933 bits per heavy atom. The summed E-state index contributed by atoms with van der Waals surface area (Å²) >= 11 is 0. The second-order valence-electron chi connectivity index (χ2n) is 6.84. The molecule has 0 spiro atoms. The first-order valence-electron chi connectivity index (χ1n) is 9.85. The maximum Gasteiger partial charge on any atom is 0.203 e. The van der Waals surface area contributed by atoms with E-state index in [0.29, 0.717) is 23.8 Å². The Hall–Kier alpha value is -3.16. The Morgan fingerprint density at radius 3 is 2.17 bits per heavy atom. The van der Waals surface area contributed by atoms with E-state index in [1.165, 1.54) is 12.1 Å². The molecule has 1 fully saturated rings. The van der Waals surface area contributed by atoms with Gasteiger partial charge in [0, 0.05) is 51.0 Å². The van der Waals surface area contributed by atoms with Gasteiger partial charge in [0.1, 0.15) is 5.82 Å². The second kappa shape index (κ2) is 10.0. The lowest BCUT2D eigenvalue weighted by Crippen LogP contribution is -2.52. The van der Waals surface area contributed by atoms with Gasteiger partial charge in [0.2, 0.25) is 5.75 Å². The fourth-order valence-corrected chi connectivity index (χ4v) is 3.64. The lowest BCUT2D eigenvalue weighted by Gasteiger charge is -2.37. The van der Waals surface area contributed by atoms with Gasteiger partial charge in [-0.25, -0.2) is 4.39 Å². The zero-order valence-corrected chi connectivity index (χ0v) is 17.9. The molecular formula is C22H29FN4O3. The first-order valence-corrected chi connectivity index (χ1v) is 9.85. The van der Waals surface area contributed by atoms with E-state index in [-0.39, 0.29) is 5.82 Å². The van der Waals surface area contributed by atoms with Crippen LogP contribution in [-0.2, 0) is 6.54 Å². The normalized spacial score (nSPS) is 14.5. The largest absolute Gasteiger partial charge is 0.493 e. The number of rotatable bonds is 6. The summed E-state index contributed by atoms with van der Waals surface area (Å²) in [7, 11) is 6.59. The summed E-state index contributed by atoms with van der Waals surface area (Å²) in [5, 5.41) is 3.41. The van der Waals surface area contributed by atoms with Crippen LogP contribution in [0, 0.1) is 5.82 Å². The number of hydrogen-bond donors (Lipinski definition) is 1. The molecule has 1 N–H and O–H groups in total. The first-order chi connectivity index (χ1) is 14.6. The van der Waals surface area contributed by atoms with E-state index in [4.69, 9.17) is 14.2 Å². The molecule has 162 valence electrons. The molecule has 7 nitrogen and oxygen atoms in total. The zero-order valence-electron chi connectivity index (χ0n) is 17.9. The van der Waals surface area contributed by atoms with Gasteiger partial charge < -0.3 is 29.3 Å². The third-order valence-electron chi connectivity index (χ3n) is 5.21. The monoisotopic (exact) mass is 416 g/mol. The highest BCUT2D eigenvalue weighted by molar-refractivity contribution is 5.80. The Morgan fingerprint density at radius 2 is 1.60 bits per heavy atom. The standard InChI is InChI=1S/C22H29FN4O3/c1-24-22(25-15-16-5-10-19(28-2)21(30-4)20(16)29-3)27-13-11-26(12-14-27)18-8-6-17(23)7-9-18/h5-10H,11-15H2,1-4H3,(H,24,25). The third kappa shape index (κ3) is 4.69. The molecule has 2 aromatic carbocycles. The van der Waals surface area contributed by atoms with Crippen LogP contribution in [0.2, 0.25) is 0 Å². The second-order valence-corrected chi connectivity index (χ2v) is 6.84. The summed E-state index contributed by atoms with van der Waals surface area (Å²) in [6, 6.07) is 10.5. The topological polar surface area (TPSA) is 58.6 Å². The molecule has 1 aliphatic heterocycles. The molecule has 0 atom stereocenters. The maximum absolute atomic E-state index is 13.2. The molecule has 0 bridgehead atoms. The van der Waals surface area contributed by atoms with Crippen LogP contribution in [-0.4, -0.2) is 65.4 Å².